The van der Waals surface area contributed by atoms with E-state index in [9.17, 15) is 0 Å². The van der Waals surface area contributed by atoms with Crippen molar-refractivity contribution in [2.24, 2.45) is 0 Å². The van der Waals surface area contributed by atoms with E-state index in [0.29, 0.717) is 10.9 Å². The molecule has 72 valence electrons. The van der Waals surface area contributed by atoms with Gasteiger partial charge in [-0.15, -0.1) is 0 Å². The van der Waals surface area contributed by atoms with Gasteiger partial charge >= 0.3 is 0 Å². The zero-order valence-corrected chi connectivity index (χ0v) is 8.80. The van der Waals surface area contributed by atoms with E-state index >= 15 is 0 Å². The largest absolute Gasteiger partial charge is 0.333 e. The summed E-state index contributed by atoms with van der Waals surface area (Å²) >= 11 is 11.5. The lowest BCUT2D eigenvalue weighted by Crippen LogP contribution is -1.83. The lowest BCUT2D eigenvalue weighted by molar-refractivity contribution is 0.430. The van der Waals surface area contributed by atoms with Crippen molar-refractivity contribution >= 4 is 23.2 Å². The molecule has 0 aliphatic rings. The SMILES string of the molecule is Cc1c(Cl)cccc1-c1nc(Cl)no1. The average molecular weight is 229 g/mol. The minimum atomic E-state index is 0.0966. The quantitative estimate of drug-likeness (QED) is 0.752. The average Bonchev–Trinajstić information content (AvgIpc) is 2.57. The van der Waals surface area contributed by atoms with Crippen molar-refractivity contribution in [2.45, 2.75) is 6.92 Å². The Morgan fingerprint density at radius 1 is 1.29 bits per heavy atom. The topological polar surface area (TPSA) is 38.9 Å². The van der Waals surface area contributed by atoms with Gasteiger partial charge in [0.2, 0.25) is 0 Å². The minimum absolute atomic E-state index is 0.0966. The van der Waals surface area contributed by atoms with Crippen LogP contribution in [0.25, 0.3) is 11.5 Å². The summed E-state index contributed by atoms with van der Waals surface area (Å²) in [6.07, 6.45) is 0. The first-order valence-electron chi connectivity index (χ1n) is 3.93. The zero-order chi connectivity index (χ0) is 10.1. The van der Waals surface area contributed by atoms with Crippen LogP contribution >= 0.6 is 23.2 Å². The number of hydrogen-bond acceptors (Lipinski definition) is 3. The summed E-state index contributed by atoms with van der Waals surface area (Å²) in [7, 11) is 0. The molecule has 0 amide bonds. The van der Waals surface area contributed by atoms with E-state index in [1.54, 1.807) is 6.07 Å². The van der Waals surface area contributed by atoms with Gasteiger partial charge in [0.1, 0.15) is 0 Å². The van der Waals surface area contributed by atoms with Gasteiger partial charge in [0.15, 0.2) is 0 Å². The predicted octanol–water partition coefficient (Wildman–Crippen LogP) is 3.35. The summed E-state index contributed by atoms with van der Waals surface area (Å²) in [5.41, 5.74) is 1.70. The number of rotatable bonds is 1. The van der Waals surface area contributed by atoms with Crippen LogP contribution in [0.2, 0.25) is 10.3 Å². The number of aromatic nitrogens is 2. The van der Waals surface area contributed by atoms with Crippen LogP contribution in [0, 0.1) is 6.92 Å². The molecule has 0 N–H and O–H groups in total. The number of hydrogen-bond donors (Lipinski definition) is 0. The standard InChI is InChI=1S/C9H6Cl2N2O/c1-5-6(3-2-4-7(5)10)8-12-9(11)13-14-8/h2-4H,1H3. The molecular weight excluding hydrogens is 223 g/mol. The van der Waals surface area contributed by atoms with E-state index in [0.717, 1.165) is 11.1 Å². The van der Waals surface area contributed by atoms with Gasteiger partial charge in [-0.05, 0) is 41.4 Å². The van der Waals surface area contributed by atoms with Gasteiger partial charge in [-0.1, -0.05) is 17.7 Å². The predicted molar refractivity (Wildman–Crippen MR) is 54.5 cm³/mol. The van der Waals surface area contributed by atoms with Gasteiger partial charge in [-0.25, -0.2) is 0 Å². The molecule has 0 fully saturated rings. The third kappa shape index (κ3) is 1.61. The van der Waals surface area contributed by atoms with Crippen LogP contribution in [0.3, 0.4) is 0 Å². The Morgan fingerprint density at radius 3 is 2.71 bits per heavy atom. The fraction of sp³-hybridized carbons (Fsp3) is 0.111. The van der Waals surface area contributed by atoms with Crippen LogP contribution in [0.5, 0.6) is 0 Å². The molecule has 2 rings (SSSR count). The van der Waals surface area contributed by atoms with Crippen LogP contribution in [-0.2, 0) is 0 Å². The summed E-state index contributed by atoms with van der Waals surface area (Å²) in [4.78, 5) is 3.91. The molecule has 0 unspecified atom stereocenters. The second-order valence-electron chi connectivity index (χ2n) is 2.78. The van der Waals surface area contributed by atoms with Gasteiger partial charge in [-0.3, -0.25) is 0 Å². The van der Waals surface area contributed by atoms with Gasteiger partial charge < -0.3 is 4.52 Å². The van der Waals surface area contributed by atoms with E-state index in [-0.39, 0.29) is 5.28 Å². The van der Waals surface area contributed by atoms with Crippen molar-refractivity contribution in [3.05, 3.63) is 34.1 Å². The Bertz CT molecular complexity index is 468. The molecule has 1 aromatic heterocycles. The molecule has 0 aliphatic heterocycles. The van der Waals surface area contributed by atoms with Crippen molar-refractivity contribution < 1.29 is 4.52 Å². The molecule has 0 atom stereocenters. The first-order chi connectivity index (χ1) is 6.68. The fourth-order valence-corrected chi connectivity index (χ4v) is 1.44. The van der Waals surface area contributed by atoms with Crippen LogP contribution < -0.4 is 0 Å². The first kappa shape index (κ1) is 9.49. The van der Waals surface area contributed by atoms with Gasteiger partial charge in [0.05, 0.1) is 0 Å². The van der Waals surface area contributed by atoms with Gasteiger partial charge in [-0.2, -0.15) is 4.98 Å². The highest BCUT2D eigenvalue weighted by atomic mass is 35.5. The molecule has 5 heteroatoms. The van der Waals surface area contributed by atoms with E-state index in [1.165, 1.54) is 0 Å². The molecule has 3 nitrogen and oxygen atoms in total. The maximum absolute atomic E-state index is 5.95. The van der Waals surface area contributed by atoms with Gasteiger partial charge in [0.25, 0.3) is 11.2 Å². The molecule has 2 aromatic rings. The fourth-order valence-electron chi connectivity index (χ4n) is 1.15. The summed E-state index contributed by atoms with van der Waals surface area (Å²) in [6.45, 7) is 1.88. The molecule has 0 saturated heterocycles. The molecule has 0 saturated carbocycles. The van der Waals surface area contributed by atoms with Crippen LogP contribution in [0.1, 0.15) is 5.56 Å². The van der Waals surface area contributed by atoms with E-state index in [1.807, 2.05) is 19.1 Å². The third-order valence-electron chi connectivity index (χ3n) is 1.90. The molecule has 0 spiro atoms. The maximum atomic E-state index is 5.95. The molecule has 14 heavy (non-hydrogen) atoms. The molecule has 0 aliphatic carbocycles. The Morgan fingerprint density at radius 2 is 2.07 bits per heavy atom. The molecule has 1 heterocycles. The van der Waals surface area contributed by atoms with Crippen LogP contribution in [-0.4, -0.2) is 10.1 Å². The summed E-state index contributed by atoms with van der Waals surface area (Å²) in [6, 6.07) is 5.48. The summed E-state index contributed by atoms with van der Waals surface area (Å²) in [5, 5.41) is 4.26. The Hall–Kier alpha value is -1.06. The number of nitrogens with zero attached hydrogens (tertiary/aromatic N) is 2. The lowest BCUT2D eigenvalue weighted by atomic mass is 10.1. The second kappa shape index (κ2) is 3.59. The first-order valence-corrected chi connectivity index (χ1v) is 4.69. The van der Waals surface area contributed by atoms with Crippen LogP contribution in [0.4, 0.5) is 0 Å². The highest BCUT2D eigenvalue weighted by Crippen LogP contribution is 2.27. The number of halogens is 2. The molecular formula is C9H6Cl2N2O. The highest BCUT2D eigenvalue weighted by Gasteiger charge is 2.11. The summed E-state index contributed by atoms with van der Waals surface area (Å²) in [5.74, 6) is 0.384. The Kier molecular flexibility index (Phi) is 2.44. The zero-order valence-electron chi connectivity index (χ0n) is 7.29. The van der Waals surface area contributed by atoms with Gasteiger partial charge in [0, 0.05) is 10.6 Å². The van der Waals surface area contributed by atoms with Crippen molar-refractivity contribution in [3.63, 3.8) is 0 Å². The van der Waals surface area contributed by atoms with Crippen LogP contribution in [0.15, 0.2) is 22.7 Å². The summed E-state index contributed by atoms with van der Waals surface area (Å²) < 4.78 is 4.93. The van der Waals surface area contributed by atoms with E-state index in [4.69, 9.17) is 27.7 Å². The number of benzene rings is 1. The maximum Gasteiger partial charge on any atom is 0.264 e. The van der Waals surface area contributed by atoms with Crippen molar-refractivity contribution in [2.75, 3.05) is 0 Å². The highest BCUT2D eigenvalue weighted by molar-refractivity contribution is 6.31. The van der Waals surface area contributed by atoms with E-state index < -0.39 is 0 Å². The molecule has 0 bridgehead atoms. The minimum Gasteiger partial charge on any atom is -0.333 e. The Balaban J connectivity index is 2.57. The second-order valence-corrected chi connectivity index (χ2v) is 3.53. The van der Waals surface area contributed by atoms with E-state index in [2.05, 4.69) is 10.1 Å². The lowest BCUT2D eigenvalue weighted by Gasteiger charge is -2.01. The molecule has 1 aromatic carbocycles. The Labute approximate surface area is 90.6 Å². The smallest absolute Gasteiger partial charge is 0.264 e. The third-order valence-corrected chi connectivity index (χ3v) is 2.46. The van der Waals surface area contributed by atoms with Crippen molar-refractivity contribution in [1.29, 1.82) is 0 Å². The monoisotopic (exact) mass is 228 g/mol. The van der Waals surface area contributed by atoms with Crippen molar-refractivity contribution in [1.82, 2.24) is 10.1 Å². The molecule has 0 radical (unpaired) electrons. The van der Waals surface area contributed by atoms with Crippen molar-refractivity contribution in [3.8, 4) is 11.5 Å². The normalized spacial score (nSPS) is 10.5.